The smallest absolute Gasteiger partial charge is 0.341 e. The van der Waals surface area contributed by atoms with E-state index in [9.17, 15) is 19.1 Å². The molecule has 1 fully saturated rings. The Balaban J connectivity index is 2.14. The van der Waals surface area contributed by atoms with Crippen molar-refractivity contribution in [1.29, 1.82) is 0 Å². The first-order valence-corrected chi connectivity index (χ1v) is 9.91. The number of nitrogen functional groups attached to an aromatic ring is 1. The highest BCUT2D eigenvalue weighted by atomic mass is 35.5. The molecule has 1 unspecified atom stereocenters. The van der Waals surface area contributed by atoms with E-state index in [0.29, 0.717) is 19.5 Å². The van der Waals surface area contributed by atoms with Crippen LogP contribution in [0.2, 0.25) is 10.0 Å². The first kappa shape index (κ1) is 21.4. The Bertz CT molecular complexity index is 1310. The lowest BCUT2D eigenvalue weighted by molar-refractivity contribution is 0.0695. The van der Waals surface area contributed by atoms with Crippen LogP contribution in [0.25, 0.3) is 16.6 Å². The van der Waals surface area contributed by atoms with Crippen LogP contribution in [0.15, 0.2) is 29.2 Å². The van der Waals surface area contributed by atoms with Gasteiger partial charge in [-0.05, 0) is 24.6 Å². The molecule has 1 aliphatic rings. The summed E-state index contributed by atoms with van der Waals surface area (Å²) in [4.78, 5) is 26.1. The Morgan fingerprint density at radius 3 is 2.52 bits per heavy atom. The molecule has 5 N–H and O–H groups in total. The standard InChI is InChI=1S/C20H16Cl2F2N4O3/c21-11-4-12(23)14(26)5-15(11)28-7-10(20(30)31)19(29)9-3-13(24)18(16(22)17(9)28)27-2-1-8(25)6-27/h3-5,7-8H,1-2,6,25-26H2,(H,30,31). The van der Waals surface area contributed by atoms with Crippen molar-refractivity contribution in [3.63, 3.8) is 0 Å². The zero-order chi connectivity index (χ0) is 22.6. The van der Waals surface area contributed by atoms with Gasteiger partial charge in [0.15, 0.2) is 0 Å². The van der Waals surface area contributed by atoms with E-state index in [1.165, 1.54) is 10.6 Å². The number of anilines is 2. The molecular formula is C20H16Cl2F2N4O3. The molecule has 3 aromatic rings. The van der Waals surface area contributed by atoms with Gasteiger partial charge in [-0.1, -0.05) is 23.2 Å². The van der Waals surface area contributed by atoms with Gasteiger partial charge in [-0.3, -0.25) is 4.79 Å². The Labute approximate surface area is 184 Å². The number of aromatic carboxylic acids is 1. The number of halogens is 4. The number of aromatic nitrogens is 1. The van der Waals surface area contributed by atoms with Gasteiger partial charge in [-0.2, -0.15) is 0 Å². The number of benzene rings is 2. The van der Waals surface area contributed by atoms with Crippen molar-refractivity contribution >= 4 is 51.4 Å². The van der Waals surface area contributed by atoms with Crippen LogP contribution >= 0.6 is 23.2 Å². The summed E-state index contributed by atoms with van der Waals surface area (Å²) in [6, 6.07) is 2.90. The van der Waals surface area contributed by atoms with E-state index < -0.39 is 28.6 Å². The van der Waals surface area contributed by atoms with Crippen LogP contribution in [-0.2, 0) is 0 Å². The van der Waals surface area contributed by atoms with E-state index in [1.54, 1.807) is 4.90 Å². The minimum Gasteiger partial charge on any atom is -0.477 e. The van der Waals surface area contributed by atoms with Gasteiger partial charge in [0.25, 0.3) is 0 Å². The van der Waals surface area contributed by atoms with E-state index in [1.807, 2.05) is 0 Å². The lowest BCUT2D eigenvalue weighted by atomic mass is 10.1. The van der Waals surface area contributed by atoms with Crippen molar-refractivity contribution < 1.29 is 18.7 Å². The highest BCUT2D eigenvalue weighted by Crippen LogP contribution is 2.39. The van der Waals surface area contributed by atoms with Crippen molar-refractivity contribution in [3.8, 4) is 5.69 Å². The summed E-state index contributed by atoms with van der Waals surface area (Å²) in [5.41, 5.74) is 9.90. The van der Waals surface area contributed by atoms with Gasteiger partial charge in [-0.15, -0.1) is 0 Å². The van der Waals surface area contributed by atoms with Gasteiger partial charge in [0, 0.05) is 25.3 Å². The molecule has 1 atom stereocenters. The van der Waals surface area contributed by atoms with E-state index in [2.05, 4.69) is 0 Å². The Kier molecular flexibility index (Phi) is 5.28. The lowest BCUT2D eigenvalue weighted by Crippen LogP contribution is -2.27. The quantitative estimate of drug-likeness (QED) is 0.507. The number of pyridine rings is 1. The maximum atomic E-state index is 15.0. The number of fused-ring (bicyclic) bond motifs is 1. The van der Waals surface area contributed by atoms with Crippen LogP contribution in [0.1, 0.15) is 16.8 Å². The first-order valence-electron chi connectivity index (χ1n) is 9.16. The van der Waals surface area contributed by atoms with Crippen LogP contribution in [-0.4, -0.2) is 34.8 Å². The Morgan fingerprint density at radius 1 is 1.19 bits per heavy atom. The highest BCUT2D eigenvalue weighted by molar-refractivity contribution is 6.38. The Morgan fingerprint density at radius 2 is 1.90 bits per heavy atom. The molecular weight excluding hydrogens is 453 g/mol. The maximum Gasteiger partial charge on any atom is 0.341 e. The summed E-state index contributed by atoms with van der Waals surface area (Å²) in [5.74, 6) is -3.10. The molecule has 1 aromatic heterocycles. The zero-order valence-corrected chi connectivity index (χ0v) is 17.3. The molecule has 2 aromatic carbocycles. The molecule has 7 nitrogen and oxygen atoms in total. The number of nitrogens with two attached hydrogens (primary N) is 2. The predicted molar refractivity (Wildman–Crippen MR) is 116 cm³/mol. The third kappa shape index (κ3) is 3.48. The molecule has 31 heavy (non-hydrogen) atoms. The number of nitrogens with zero attached hydrogens (tertiary/aromatic N) is 2. The van der Waals surface area contributed by atoms with Gasteiger partial charge in [0.2, 0.25) is 5.43 Å². The Hall–Kier alpha value is -2.88. The molecule has 0 radical (unpaired) electrons. The topological polar surface area (TPSA) is 115 Å². The van der Waals surface area contributed by atoms with Crippen molar-refractivity contribution in [3.05, 3.63) is 61.9 Å². The normalized spacial score (nSPS) is 16.3. The summed E-state index contributed by atoms with van der Waals surface area (Å²) in [6.45, 7) is 0.800. The monoisotopic (exact) mass is 468 g/mol. The number of rotatable bonds is 3. The average Bonchev–Trinajstić information content (AvgIpc) is 3.11. The second-order valence-electron chi connectivity index (χ2n) is 7.28. The third-order valence-corrected chi connectivity index (χ3v) is 5.91. The second kappa shape index (κ2) is 7.67. The zero-order valence-electron chi connectivity index (χ0n) is 15.8. The predicted octanol–water partition coefficient (Wildman–Crippen LogP) is 3.39. The molecule has 0 spiro atoms. The summed E-state index contributed by atoms with van der Waals surface area (Å²) in [5, 5.41) is 8.97. The second-order valence-corrected chi connectivity index (χ2v) is 8.07. The van der Waals surface area contributed by atoms with Crippen molar-refractivity contribution in [2.24, 2.45) is 5.73 Å². The van der Waals surface area contributed by atoms with Gasteiger partial charge >= 0.3 is 5.97 Å². The van der Waals surface area contributed by atoms with Gasteiger partial charge < -0.3 is 26.0 Å². The van der Waals surface area contributed by atoms with E-state index in [0.717, 1.165) is 18.3 Å². The minimum atomic E-state index is -1.53. The fraction of sp³-hybridized carbons (Fsp3) is 0.200. The average molecular weight is 469 g/mol. The summed E-state index contributed by atoms with van der Waals surface area (Å²) in [6.07, 6.45) is 1.63. The number of carboxylic acids is 1. The van der Waals surface area contributed by atoms with E-state index in [4.69, 9.17) is 34.7 Å². The molecule has 0 bridgehead atoms. The van der Waals surface area contributed by atoms with E-state index in [-0.39, 0.29) is 44.1 Å². The number of hydrogen-bond donors (Lipinski definition) is 3. The molecule has 1 aliphatic heterocycles. The van der Waals surface area contributed by atoms with Crippen molar-refractivity contribution in [1.82, 2.24) is 4.57 Å². The summed E-state index contributed by atoms with van der Waals surface area (Å²) in [7, 11) is 0. The van der Waals surface area contributed by atoms with Gasteiger partial charge in [0.05, 0.1) is 38.0 Å². The van der Waals surface area contributed by atoms with Crippen LogP contribution < -0.4 is 21.8 Å². The first-order chi connectivity index (χ1) is 14.6. The van der Waals surface area contributed by atoms with Crippen LogP contribution in [0.5, 0.6) is 0 Å². The van der Waals surface area contributed by atoms with Gasteiger partial charge in [-0.25, -0.2) is 13.6 Å². The van der Waals surface area contributed by atoms with E-state index >= 15 is 4.39 Å². The van der Waals surface area contributed by atoms with Crippen LogP contribution in [0.4, 0.5) is 20.2 Å². The lowest BCUT2D eigenvalue weighted by Gasteiger charge is -2.23. The largest absolute Gasteiger partial charge is 0.477 e. The minimum absolute atomic E-state index is 0.0152. The van der Waals surface area contributed by atoms with Gasteiger partial charge in [0.1, 0.15) is 17.2 Å². The fourth-order valence-corrected chi connectivity index (χ4v) is 4.41. The third-order valence-electron chi connectivity index (χ3n) is 5.25. The molecule has 1 saturated heterocycles. The van der Waals surface area contributed by atoms with Crippen LogP contribution in [0, 0.1) is 11.6 Å². The number of carbonyl (C=O) groups is 1. The molecule has 162 valence electrons. The molecule has 2 heterocycles. The number of hydrogen-bond acceptors (Lipinski definition) is 5. The molecule has 0 saturated carbocycles. The van der Waals surface area contributed by atoms with Crippen molar-refractivity contribution in [2.75, 3.05) is 23.7 Å². The molecule has 0 aliphatic carbocycles. The summed E-state index contributed by atoms with van der Waals surface area (Å²) < 4.78 is 30.1. The fourth-order valence-electron chi connectivity index (χ4n) is 3.77. The van der Waals surface area contributed by atoms with Crippen LogP contribution in [0.3, 0.4) is 0 Å². The molecule has 4 rings (SSSR count). The molecule has 0 amide bonds. The SMILES string of the molecule is Nc1cc(-n2cc(C(=O)O)c(=O)c3cc(F)c(N4CCC(N)C4)c(Cl)c32)c(Cl)cc1F. The number of carboxylic acid groups (broad SMARTS) is 1. The maximum absolute atomic E-state index is 15.0. The highest BCUT2D eigenvalue weighted by Gasteiger charge is 2.28. The van der Waals surface area contributed by atoms with Crippen molar-refractivity contribution in [2.45, 2.75) is 12.5 Å². The summed E-state index contributed by atoms with van der Waals surface area (Å²) >= 11 is 12.8. The molecule has 11 heteroatoms.